The number of carbonyl (C=O) groups is 2. The average molecular weight is 222 g/mol. The molecule has 1 heterocycles. The topological polar surface area (TPSA) is 68.3 Å². The molecule has 1 aromatic rings. The highest BCUT2D eigenvalue weighted by Crippen LogP contribution is 2.02. The Hall–Kier alpha value is -1.91. The van der Waals surface area contributed by atoms with Gasteiger partial charge in [-0.1, -0.05) is 6.07 Å². The van der Waals surface area contributed by atoms with Gasteiger partial charge in [0.05, 0.1) is 7.11 Å². The molecule has 0 saturated carbocycles. The maximum Gasteiger partial charge on any atom is 0.328 e. The van der Waals surface area contributed by atoms with Crippen molar-refractivity contribution in [3.05, 3.63) is 30.1 Å². The van der Waals surface area contributed by atoms with Crippen LogP contribution in [-0.4, -0.2) is 30.0 Å². The minimum absolute atomic E-state index is 0.265. The molecule has 5 nitrogen and oxygen atoms in total. The fraction of sp³-hybridized carbons (Fsp3) is 0.364. The molecule has 0 aliphatic rings. The molecule has 1 unspecified atom stereocenters. The van der Waals surface area contributed by atoms with Gasteiger partial charge in [0.25, 0.3) is 0 Å². The molecular formula is C11H14N2O3. The van der Waals surface area contributed by atoms with Gasteiger partial charge in [0.15, 0.2) is 0 Å². The van der Waals surface area contributed by atoms with Gasteiger partial charge in [-0.15, -0.1) is 0 Å². The van der Waals surface area contributed by atoms with Crippen LogP contribution >= 0.6 is 0 Å². The van der Waals surface area contributed by atoms with Crippen LogP contribution in [0.2, 0.25) is 0 Å². The monoisotopic (exact) mass is 222 g/mol. The van der Waals surface area contributed by atoms with Crippen LogP contribution in [0.25, 0.3) is 0 Å². The number of amides is 1. The number of aromatic nitrogens is 1. The molecule has 1 rings (SSSR count). The van der Waals surface area contributed by atoms with Gasteiger partial charge in [0, 0.05) is 25.7 Å². The van der Waals surface area contributed by atoms with E-state index >= 15 is 0 Å². The van der Waals surface area contributed by atoms with E-state index in [0.29, 0.717) is 6.42 Å². The van der Waals surface area contributed by atoms with Gasteiger partial charge < -0.3 is 10.1 Å². The number of carbonyl (C=O) groups excluding carboxylic acids is 2. The lowest BCUT2D eigenvalue weighted by Crippen LogP contribution is -2.41. The minimum atomic E-state index is -0.660. The molecule has 0 spiro atoms. The first-order valence-corrected chi connectivity index (χ1v) is 4.87. The summed E-state index contributed by atoms with van der Waals surface area (Å²) in [6, 6.07) is 2.95. The summed E-state index contributed by atoms with van der Waals surface area (Å²) < 4.78 is 4.61. The fourth-order valence-corrected chi connectivity index (χ4v) is 1.34. The van der Waals surface area contributed by atoms with E-state index < -0.39 is 12.0 Å². The van der Waals surface area contributed by atoms with Crippen molar-refractivity contribution >= 4 is 11.9 Å². The average Bonchev–Trinajstić information content (AvgIpc) is 2.28. The zero-order valence-electron chi connectivity index (χ0n) is 9.27. The van der Waals surface area contributed by atoms with Gasteiger partial charge >= 0.3 is 5.97 Å². The van der Waals surface area contributed by atoms with Crippen LogP contribution in [0, 0.1) is 0 Å². The zero-order chi connectivity index (χ0) is 12.0. The number of methoxy groups -OCH3 is 1. The second-order valence-corrected chi connectivity index (χ2v) is 3.34. The fourth-order valence-electron chi connectivity index (χ4n) is 1.34. The molecule has 0 aliphatic carbocycles. The van der Waals surface area contributed by atoms with Crippen LogP contribution in [0.15, 0.2) is 24.5 Å². The number of nitrogens with one attached hydrogen (secondary N) is 1. The molecule has 0 aliphatic heterocycles. The van der Waals surface area contributed by atoms with Crippen molar-refractivity contribution < 1.29 is 14.3 Å². The normalized spacial score (nSPS) is 11.6. The Morgan fingerprint density at radius 1 is 1.56 bits per heavy atom. The second kappa shape index (κ2) is 5.85. The molecule has 0 radical (unpaired) electrons. The lowest BCUT2D eigenvalue weighted by molar-refractivity contribution is -0.144. The molecule has 0 aromatic carbocycles. The van der Waals surface area contributed by atoms with Gasteiger partial charge in [-0.3, -0.25) is 9.78 Å². The van der Waals surface area contributed by atoms with Gasteiger partial charge in [-0.2, -0.15) is 0 Å². The van der Waals surface area contributed by atoms with Crippen LogP contribution in [0.1, 0.15) is 12.5 Å². The van der Waals surface area contributed by atoms with Crippen molar-refractivity contribution in [3.63, 3.8) is 0 Å². The van der Waals surface area contributed by atoms with E-state index in [1.165, 1.54) is 14.0 Å². The van der Waals surface area contributed by atoms with E-state index in [4.69, 9.17) is 0 Å². The summed E-state index contributed by atoms with van der Waals surface area (Å²) >= 11 is 0. The molecule has 0 bridgehead atoms. The number of pyridine rings is 1. The quantitative estimate of drug-likeness (QED) is 0.744. The maximum absolute atomic E-state index is 11.4. The summed E-state index contributed by atoms with van der Waals surface area (Å²) in [5.74, 6) is -0.724. The summed E-state index contributed by atoms with van der Waals surface area (Å²) in [7, 11) is 1.29. The van der Waals surface area contributed by atoms with E-state index in [-0.39, 0.29) is 5.91 Å². The Labute approximate surface area is 93.8 Å². The van der Waals surface area contributed by atoms with Crippen molar-refractivity contribution in [1.29, 1.82) is 0 Å². The predicted molar refractivity (Wildman–Crippen MR) is 57.6 cm³/mol. The zero-order valence-corrected chi connectivity index (χ0v) is 9.27. The van der Waals surface area contributed by atoms with Crippen molar-refractivity contribution in [2.45, 2.75) is 19.4 Å². The lowest BCUT2D eigenvalue weighted by atomic mass is 10.1. The first kappa shape index (κ1) is 12.2. The third-order valence-electron chi connectivity index (χ3n) is 2.03. The summed E-state index contributed by atoms with van der Waals surface area (Å²) in [5.41, 5.74) is 0.867. The highest BCUT2D eigenvalue weighted by atomic mass is 16.5. The van der Waals surface area contributed by atoms with Gasteiger partial charge in [-0.05, 0) is 11.6 Å². The Morgan fingerprint density at radius 2 is 2.31 bits per heavy atom. The number of ether oxygens (including phenoxy) is 1. The Morgan fingerprint density at radius 3 is 2.81 bits per heavy atom. The number of hydrogen-bond donors (Lipinski definition) is 1. The molecule has 1 amide bonds. The van der Waals surface area contributed by atoms with Crippen LogP contribution in [0.5, 0.6) is 0 Å². The molecule has 16 heavy (non-hydrogen) atoms. The second-order valence-electron chi connectivity index (χ2n) is 3.34. The summed E-state index contributed by atoms with van der Waals surface area (Å²) in [5, 5.41) is 2.54. The maximum atomic E-state index is 11.4. The molecule has 5 heteroatoms. The van der Waals surface area contributed by atoms with Gasteiger partial charge in [0.2, 0.25) is 5.91 Å². The standard InChI is InChI=1S/C11H14N2O3/c1-8(14)13-10(11(15)16-2)6-9-4-3-5-12-7-9/h3-5,7,10H,6H2,1-2H3,(H,13,14). The van der Waals surface area contributed by atoms with Crippen LogP contribution in [0.4, 0.5) is 0 Å². The van der Waals surface area contributed by atoms with E-state index in [9.17, 15) is 9.59 Å². The first-order valence-electron chi connectivity index (χ1n) is 4.87. The van der Waals surface area contributed by atoms with E-state index in [1.807, 2.05) is 6.07 Å². The minimum Gasteiger partial charge on any atom is -0.467 e. The SMILES string of the molecule is COC(=O)C(Cc1cccnc1)NC(C)=O. The van der Waals surface area contributed by atoms with Crippen molar-refractivity contribution in [3.8, 4) is 0 Å². The van der Waals surface area contributed by atoms with Crippen molar-refractivity contribution in [1.82, 2.24) is 10.3 Å². The van der Waals surface area contributed by atoms with Gasteiger partial charge in [0.1, 0.15) is 6.04 Å². The van der Waals surface area contributed by atoms with Crippen molar-refractivity contribution in [2.24, 2.45) is 0 Å². The molecule has 86 valence electrons. The van der Waals surface area contributed by atoms with E-state index in [0.717, 1.165) is 5.56 Å². The van der Waals surface area contributed by atoms with E-state index in [2.05, 4.69) is 15.0 Å². The summed E-state index contributed by atoms with van der Waals surface area (Å²) in [6.07, 6.45) is 3.67. The third kappa shape index (κ3) is 3.68. The van der Waals surface area contributed by atoms with Crippen LogP contribution in [0.3, 0.4) is 0 Å². The van der Waals surface area contributed by atoms with E-state index in [1.54, 1.807) is 18.5 Å². The Balaban J connectivity index is 2.70. The van der Waals surface area contributed by atoms with Gasteiger partial charge in [-0.25, -0.2) is 4.79 Å². The predicted octanol–water partition coefficient (Wildman–Crippen LogP) is 0.302. The number of hydrogen-bond acceptors (Lipinski definition) is 4. The van der Waals surface area contributed by atoms with Crippen molar-refractivity contribution in [2.75, 3.05) is 7.11 Å². The highest BCUT2D eigenvalue weighted by Gasteiger charge is 2.20. The molecule has 1 atom stereocenters. The lowest BCUT2D eigenvalue weighted by Gasteiger charge is -2.14. The molecule has 1 aromatic heterocycles. The van der Waals surface area contributed by atoms with Crippen LogP contribution in [-0.2, 0) is 20.7 Å². The van der Waals surface area contributed by atoms with Crippen LogP contribution < -0.4 is 5.32 Å². The summed E-state index contributed by atoms with van der Waals surface area (Å²) in [6.45, 7) is 1.36. The smallest absolute Gasteiger partial charge is 0.328 e. The third-order valence-corrected chi connectivity index (χ3v) is 2.03. The Kier molecular flexibility index (Phi) is 4.44. The molecular weight excluding hydrogens is 208 g/mol. The number of esters is 1. The number of rotatable bonds is 4. The Bertz CT molecular complexity index is 365. The first-order chi connectivity index (χ1) is 7.63. The number of nitrogens with zero attached hydrogens (tertiary/aromatic N) is 1. The largest absolute Gasteiger partial charge is 0.467 e. The molecule has 0 fully saturated rings. The summed E-state index contributed by atoms with van der Waals surface area (Å²) in [4.78, 5) is 26.3. The highest BCUT2D eigenvalue weighted by molar-refractivity contribution is 5.83. The molecule has 0 saturated heterocycles. The molecule has 1 N–H and O–H groups in total.